The van der Waals surface area contributed by atoms with E-state index in [1.54, 1.807) is 31.4 Å². The fourth-order valence-corrected chi connectivity index (χ4v) is 2.39. The van der Waals surface area contributed by atoms with Crippen LogP contribution in [0, 0.1) is 0 Å². The van der Waals surface area contributed by atoms with E-state index in [1.807, 2.05) is 0 Å². The fraction of sp³-hybridized carbons (Fsp3) is 0.231. The standard InChI is InChI=1S/C13H14Cl2N4O/c1-20-13-6-11(17-7-18-13)12(19-16)5-8-9(14)3-2-4-10(8)15/h2-4,6-7,12,19H,5,16H2,1H3. The van der Waals surface area contributed by atoms with E-state index in [-0.39, 0.29) is 6.04 Å². The lowest BCUT2D eigenvalue weighted by molar-refractivity contribution is 0.393. The van der Waals surface area contributed by atoms with E-state index in [9.17, 15) is 0 Å². The minimum absolute atomic E-state index is 0.246. The molecular formula is C13H14Cl2N4O. The average molecular weight is 313 g/mol. The molecule has 0 amide bonds. The largest absolute Gasteiger partial charge is 0.481 e. The third-order valence-electron chi connectivity index (χ3n) is 2.90. The normalized spacial score (nSPS) is 12.2. The summed E-state index contributed by atoms with van der Waals surface area (Å²) in [5.41, 5.74) is 4.23. The van der Waals surface area contributed by atoms with E-state index in [1.165, 1.54) is 6.33 Å². The summed E-state index contributed by atoms with van der Waals surface area (Å²) in [5, 5.41) is 1.19. The first-order chi connectivity index (χ1) is 9.65. The first kappa shape index (κ1) is 15.0. The molecule has 5 nitrogen and oxygen atoms in total. The van der Waals surface area contributed by atoms with Crippen LogP contribution < -0.4 is 16.0 Å². The Hall–Kier alpha value is -1.40. The minimum Gasteiger partial charge on any atom is -0.481 e. The Morgan fingerprint density at radius 2 is 2.00 bits per heavy atom. The molecule has 0 spiro atoms. The molecule has 1 aromatic carbocycles. The Kier molecular flexibility index (Phi) is 5.14. The van der Waals surface area contributed by atoms with Gasteiger partial charge in [-0.2, -0.15) is 0 Å². The molecule has 0 radical (unpaired) electrons. The Morgan fingerprint density at radius 3 is 2.60 bits per heavy atom. The fourth-order valence-electron chi connectivity index (χ4n) is 1.84. The maximum absolute atomic E-state index is 6.17. The second-order valence-corrected chi connectivity index (χ2v) is 4.92. The van der Waals surface area contributed by atoms with Crippen LogP contribution in [0.1, 0.15) is 17.3 Å². The van der Waals surface area contributed by atoms with Gasteiger partial charge in [-0.1, -0.05) is 29.3 Å². The lowest BCUT2D eigenvalue weighted by atomic mass is 10.0. The van der Waals surface area contributed by atoms with Crippen LogP contribution >= 0.6 is 23.2 Å². The van der Waals surface area contributed by atoms with Crippen molar-refractivity contribution in [3.05, 3.63) is 51.9 Å². The molecule has 3 N–H and O–H groups in total. The van der Waals surface area contributed by atoms with E-state index in [0.717, 1.165) is 5.56 Å². The van der Waals surface area contributed by atoms with Crippen LogP contribution in [0.15, 0.2) is 30.6 Å². The highest BCUT2D eigenvalue weighted by atomic mass is 35.5. The van der Waals surface area contributed by atoms with Gasteiger partial charge in [0.1, 0.15) is 6.33 Å². The third-order valence-corrected chi connectivity index (χ3v) is 3.61. The molecule has 106 valence electrons. The molecular weight excluding hydrogens is 299 g/mol. The zero-order valence-electron chi connectivity index (χ0n) is 10.8. The molecule has 0 fully saturated rings. The molecule has 1 aromatic heterocycles. The summed E-state index contributed by atoms with van der Waals surface area (Å²) >= 11 is 12.3. The summed E-state index contributed by atoms with van der Waals surface area (Å²) in [5.74, 6) is 6.08. The Balaban J connectivity index is 2.29. The first-order valence-corrected chi connectivity index (χ1v) is 6.66. The number of hydrogen-bond donors (Lipinski definition) is 2. The molecule has 0 aliphatic heterocycles. The number of ether oxygens (including phenoxy) is 1. The number of halogens is 2. The second-order valence-electron chi connectivity index (χ2n) is 4.11. The van der Waals surface area contributed by atoms with Gasteiger partial charge in [-0.15, -0.1) is 0 Å². The van der Waals surface area contributed by atoms with Crippen LogP contribution in [0.5, 0.6) is 5.88 Å². The number of methoxy groups -OCH3 is 1. The van der Waals surface area contributed by atoms with Crippen molar-refractivity contribution in [2.75, 3.05) is 7.11 Å². The Morgan fingerprint density at radius 1 is 1.30 bits per heavy atom. The van der Waals surface area contributed by atoms with Gasteiger partial charge >= 0.3 is 0 Å². The van der Waals surface area contributed by atoms with Gasteiger partial charge in [-0.3, -0.25) is 11.3 Å². The zero-order valence-corrected chi connectivity index (χ0v) is 12.3. The number of hydrazine groups is 1. The van der Waals surface area contributed by atoms with Crippen molar-refractivity contribution in [2.45, 2.75) is 12.5 Å². The van der Waals surface area contributed by atoms with Crippen molar-refractivity contribution < 1.29 is 4.74 Å². The lowest BCUT2D eigenvalue weighted by Gasteiger charge is -2.17. The predicted molar refractivity (Wildman–Crippen MR) is 78.8 cm³/mol. The number of benzene rings is 1. The molecule has 0 saturated heterocycles. The molecule has 1 heterocycles. The third kappa shape index (κ3) is 3.37. The monoisotopic (exact) mass is 312 g/mol. The molecule has 2 aromatic rings. The Bertz CT molecular complexity index is 574. The molecule has 0 bridgehead atoms. The molecule has 0 saturated carbocycles. The summed E-state index contributed by atoms with van der Waals surface area (Å²) in [4.78, 5) is 8.16. The minimum atomic E-state index is -0.246. The van der Waals surface area contributed by atoms with Crippen LogP contribution in [0.3, 0.4) is 0 Å². The van der Waals surface area contributed by atoms with Gasteiger partial charge in [0, 0.05) is 16.1 Å². The van der Waals surface area contributed by atoms with Crippen molar-refractivity contribution in [1.82, 2.24) is 15.4 Å². The summed E-state index contributed by atoms with van der Waals surface area (Å²) in [6.07, 6.45) is 1.93. The summed E-state index contributed by atoms with van der Waals surface area (Å²) in [6, 6.07) is 6.85. The number of nitrogens with one attached hydrogen (secondary N) is 1. The Labute approximate surface area is 127 Å². The van der Waals surface area contributed by atoms with Crippen molar-refractivity contribution >= 4 is 23.2 Å². The van der Waals surface area contributed by atoms with Gasteiger partial charge in [-0.25, -0.2) is 9.97 Å². The summed E-state index contributed by atoms with van der Waals surface area (Å²) < 4.78 is 5.08. The van der Waals surface area contributed by atoms with Crippen LogP contribution in [-0.2, 0) is 6.42 Å². The highest BCUT2D eigenvalue weighted by molar-refractivity contribution is 6.36. The molecule has 7 heteroatoms. The first-order valence-electron chi connectivity index (χ1n) is 5.90. The molecule has 20 heavy (non-hydrogen) atoms. The molecule has 2 rings (SSSR count). The van der Waals surface area contributed by atoms with Crippen molar-refractivity contribution in [2.24, 2.45) is 5.84 Å². The topological polar surface area (TPSA) is 73.1 Å². The van der Waals surface area contributed by atoms with Crippen molar-refractivity contribution in [1.29, 1.82) is 0 Å². The molecule has 0 aliphatic carbocycles. The number of nitrogens with zero attached hydrogens (tertiary/aromatic N) is 2. The SMILES string of the molecule is COc1cc(C(Cc2c(Cl)cccc2Cl)NN)ncn1. The highest BCUT2D eigenvalue weighted by Crippen LogP contribution is 2.29. The van der Waals surface area contributed by atoms with Gasteiger partial charge in [0.15, 0.2) is 0 Å². The van der Waals surface area contributed by atoms with E-state index >= 15 is 0 Å². The highest BCUT2D eigenvalue weighted by Gasteiger charge is 2.17. The molecule has 1 atom stereocenters. The second kappa shape index (κ2) is 6.85. The van der Waals surface area contributed by atoms with Crippen molar-refractivity contribution in [3.63, 3.8) is 0 Å². The zero-order chi connectivity index (χ0) is 14.5. The number of aromatic nitrogens is 2. The maximum Gasteiger partial charge on any atom is 0.216 e. The van der Waals surface area contributed by atoms with Gasteiger partial charge in [-0.05, 0) is 24.1 Å². The van der Waals surface area contributed by atoms with E-state index in [0.29, 0.717) is 28.0 Å². The maximum atomic E-state index is 6.17. The van der Waals surface area contributed by atoms with Gasteiger partial charge in [0.05, 0.1) is 18.8 Å². The average Bonchev–Trinajstić information content (AvgIpc) is 2.47. The quantitative estimate of drug-likeness (QED) is 0.655. The number of nitrogens with two attached hydrogens (primary N) is 1. The number of hydrogen-bond acceptors (Lipinski definition) is 5. The summed E-state index contributed by atoms with van der Waals surface area (Å²) in [6.45, 7) is 0. The van der Waals surface area contributed by atoms with Gasteiger partial charge in [0.25, 0.3) is 0 Å². The van der Waals surface area contributed by atoms with Crippen LogP contribution in [-0.4, -0.2) is 17.1 Å². The predicted octanol–water partition coefficient (Wildman–Crippen LogP) is 2.54. The number of rotatable bonds is 5. The molecule has 1 unspecified atom stereocenters. The smallest absolute Gasteiger partial charge is 0.216 e. The van der Waals surface area contributed by atoms with Crippen molar-refractivity contribution in [3.8, 4) is 5.88 Å². The van der Waals surface area contributed by atoms with Crippen LogP contribution in [0.2, 0.25) is 10.0 Å². The van der Waals surface area contributed by atoms with Crippen LogP contribution in [0.4, 0.5) is 0 Å². The van der Waals surface area contributed by atoms with Gasteiger partial charge in [0.2, 0.25) is 5.88 Å². The molecule has 0 aliphatic rings. The lowest BCUT2D eigenvalue weighted by Crippen LogP contribution is -2.30. The van der Waals surface area contributed by atoms with E-state index < -0.39 is 0 Å². The summed E-state index contributed by atoms with van der Waals surface area (Å²) in [7, 11) is 1.54. The van der Waals surface area contributed by atoms with Gasteiger partial charge < -0.3 is 4.74 Å². The van der Waals surface area contributed by atoms with E-state index in [4.69, 9.17) is 33.8 Å². The van der Waals surface area contributed by atoms with E-state index in [2.05, 4.69) is 15.4 Å². The van der Waals surface area contributed by atoms with Crippen LogP contribution in [0.25, 0.3) is 0 Å².